The van der Waals surface area contributed by atoms with E-state index in [-0.39, 0.29) is 12.1 Å². The van der Waals surface area contributed by atoms with Gasteiger partial charge in [0, 0.05) is 11.5 Å². The summed E-state index contributed by atoms with van der Waals surface area (Å²) in [5.41, 5.74) is 7.46. The van der Waals surface area contributed by atoms with Crippen molar-refractivity contribution >= 4 is 11.3 Å². The van der Waals surface area contributed by atoms with Crippen molar-refractivity contribution in [2.45, 2.75) is 38.3 Å². The third-order valence-electron chi connectivity index (χ3n) is 2.87. The molecule has 2 heterocycles. The minimum absolute atomic E-state index is 0.0709. The molecule has 1 aromatic rings. The Morgan fingerprint density at radius 2 is 2.43 bits per heavy atom. The molecule has 2 atom stereocenters. The monoisotopic (exact) mass is 211 g/mol. The second-order valence-corrected chi connectivity index (χ2v) is 4.98. The zero-order chi connectivity index (χ0) is 9.97. The van der Waals surface area contributed by atoms with Crippen LogP contribution in [0.3, 0.4) is 0 Å². The summed E-state index contributed by atoms with van der Waals surface area (Å²) in [4.78, 5) is 1.33. The summed E-state index contributed by atoms with van der Waals surface area (Å²) in [6.45, 7) is 3.00. The van der Waals surface area contributed by atoms with Crippen LogP contribution in [0.5, 0.6) is 0 Å². The second-order valence-electron chi connectivity index (χ2n) is 3.86. The van der Waals surface area contributed by atoms with E-state index in [0.717, 1.165) is 13.0 Å². The Morgan fingerprint density at radius 3 is 3.00 bits per heavy atom. The average Bonchev–Trinajstić information content (AvgIpc) is 2.65. The number of hydrogen-bond acceptors (Lipinski definition) is 3. The van der Waals surface area contributed by atoms with Crippen LogP contribution in [0.25, 0.3) is 0 Å². The van der Waals surface area contributed by atoms with E-state index < -0.39 is 0 Å². The van der Waals surface area contributed by atoms with Crippen LogP contribution in [0, 0.1) is 6.92 Å². The van der Waals surface area contributed by atoms with Crippen LogP contribution >= 0.6 is 11.3 Å². The van der Waals surface area contributed by atoms with E-state index >= 15 is 0 Å². The summed E-state index contributed by atoms with van der Waals surface area (Å²) in [5, 5.41) is 2.10. The number of hydrogen-bond donors (Lipinski definition) is 1. The predicted octanol–water partition coefficient (Wildman–Crippen LogP) is 2.63. The van der Waals surface area contributed by atoms with Gasteiger partial charge in [-0.15, -0.1) is 11.3 Å². The third-order valence-corrected chi connectivity index (χ3v) is 3.73. The molecular weight excluding hydrogens is 194 g/mol. The van der Waals surface area contributed by atoms with Crippen LogP contribution < -0.4 is 5.73 Å². The van der Waals surface area contributed by atoms with E-state index in [1.54, 1.807) is 11.3 Å². The lowest BCUT2D eigenvalue weighted by Crippen LogP contribution is -2.31. The van der Waals surface area contributed by atoms with Gasteiger partial charge in [0.05, 0.1) is 12.1 Å². The molecule has 78 valence electrons. The molecule has 0 spiro atoms. The van der Waals surface area contributed by atoms with Crippen molar-refractivity contribution in [3.05, 3.63) is 21.9 Å². The number of thiophene rings is 1. The number of rotatable bonds is 2. The highest BCUT2D eigenvalue weighted by molar-refractivity contribution is 7.10. The fraction of sp³-hybridized carbons (Fsp3) is 0.636. The van der Waals surface area contributed by atoms with Gasteiger partial charge in [-0.3, -0.25) is 0 Å². The largest absolute Gasteiger partial charge is 0.376 e. The Bertz CT molecular complexity index is 291. The molecule has 0 amide bonds. The SMILES string of the molecule is Cc1sccc1C(N)C1CCCCO1. The van der Waals surface area contributed by atoms with E-state index in [9.17, 15) is 0 Å². The molecule has 0 aromatic carbocycles. The standard InChI is InChI=1S/C11H17NOS/c1-8-9(5-7-14-8)11(12)10-4-2-3-6-13-10/h5,7,10-11H,2-4,6,12H2,1H3. The number of aryl methyl sites for hydroxylation is 1. The van der Waals surface area contributed by atoms with Gasteiger partial charge in [0.2, 0.25) is 0 Å². The summed E-state index contributed by atoms with van der Waals surface area (Å²) in [6, 6.07) is 2.20. The first-order chi connectivity index (χ1) is 6.79. The summed E-state index contributed by atoms with van der Waals surface area (Å²) in [7, 11) is 0. The van der Waals surface area contributed by atoms with E-state index in [1.165, 1.54) is 23.3 Å². The molecule has 2 nitrogen and oxygen atoms in total. The van der Waals surface area contributed by atoms with Crippen molar-refractivity contribution in [2.75, 3.05) is 6.61 Å². The van der Waals surface area contributed by atoms with Crippen LogP contribution in [-0.4, -0.2) is 12.7 Å². The lowest BCUT2D eigenvalue weighted by Gasteiger charge is -2.28. The average molecular weight is 211 g/mol. The molecule has 1 fully saturated rings. The van der Waals surface area contributed by atoms with Crippen LogP contribution in [0.1, 0.15) is 35.7 Å². The zero-order valence-corrected chi connectivity index (χ0v) is 9.35. The molecule has 1 saturated heterocycles. The van der Waals surface area contributed by atoms with Gasteiger partial charge in [-0.05, 0) is 43.2 Å². The maximum absolute atomic E-state index is 6.20. The van der Waals surface area contributed by atoms with Gasteiger partial charge in [-0.2, -0.15) is 0 Å². The smallest absolute Gasteiger partial charge is 0.0768 e. The Hall–Kier alpha value is -0.380. The van der Waals surface area contributed by atoms with Gasteiger partial charge in [-0.1, -0.05) is 0 Å². The molecule has 0 saturated carbocycles. The first-order valence-electron chi connectivity index (χ1n) is 5.20. The highest BCUT2D eigenvalue weighted by atomic mass is 32.1. The third kappa shape index (κ3) is 2.00. The van der Waals surface area contributed by atoms with Crippen LogP contribution in [0.4, 0.5) is 0 Å². The summed E-state index contributed by atoms with van der Waals surface area (Å²) in [6.07, 6.45) is 3.78. The van der Waals surface area contributed by atoms with Crippen molar-refractivity contribution in [2.24, 2.45) is 5.73 Å². The quantitative estimate of drug-likeness (QED) is 0.816. The summed E-state index contributed by atoms with van der Waals surface area (Å²) in [5.74, 6) is 0. The molecule has 3 heteroatoms. The molecule has 2 rings (SSSR count). The van der Waals surface area contributed by atoms with E-state index in [0.29, 0.717) is 0 Å². The highest BCUT2D eigenvalue weighted by Crippen LogP contribution is 2.28. The van der Waals surface area contributed by atoms with Crippen molar-refractivity contribution < 1.29 is 4.74 Å². The minimum atomic E-state index is 0.0709. The molecule has 2 N–H and O–H groups in total. The van der Waals surface area contributed by atoms with Gasteiger partial charge in [0.1, 0.15) is 0 Å². The van der Waals surface area contributed by atoms with Gasteiger partial charge in [-0.25, -0.2) is 0 Å². The van der Waals surface area contributed by atoms with Crippen LogP contribution in [0.2, 0.25) is 0 Å². The summed E-state index contributed by atoms with van der Waals surface area (Å²) < 4.78 is 5.70. The van der Waals surface area contributed by atoms with Crippen molar-refractivity contribution in [3.8, 4) is 0 Å². The molecule has 1 aliphatic rings. The molecule has 0 radical (unpaired) electrons. The minimum Gasteiger partial charge on any atom is -0.376 e. The van der Waals surface area contributed by atoms with Gasteiger partial charge >= 0.3 is 0 Å². The maximum Gasteiger partial charge on any atom is 0.0768 e. The lowest BCUT2D eigenvalue weighted by atomic mass is 9.97. The Balaban J connectivity index is 2.07. The van der Waals surface area contributed by atoms with Crippen molar-refractivity contribution in [1.29, 1.82) is 0 Å². The van der Waals surface area contributed by atoms with Crippen LogP contribution in [-0.2, 0) is 4.74 Å². The Labute approximate surface area is 89.1 Å². The molecule has 0 aliphatic carbocycles. The molecule has 14 heavy (non-hydrogen) atoms. The van der Waals surface area contributed by atoms with Gasteiger partial charge in [0.25, 0.3) is 0 Å². The fourth-order valence-corrected chi connectivity index (χ4v) is 2.75. The highest BCUT2D eigenvalue weighted by Gasteiger charge is 2.23. The van der Waals surface area contributed by atoms with Gasteiger partial charge in [0.15, 0.2) is 0 Å². The topological polar surface area (TPSA) is 35.2 Å². The normalized spacial score (nSPS) is 24.9. The molecule has 2 unspecified atom stereocenters. The first kappa shape index (κ1) is 10.1. The fourth-order valence-electron chi connectivity index (χ4n) is 1.99. The van der Waals surface area contributed by atoms with E-state index in [1.807, 2.05) is 0 Å². The Kier molecular flexibility index (Phi) is 3.21. The molecular formula is C11H17NOS. The number of nitrogens with two attached hydrogens (primary N) is 1. The molecule has 1 aliphatic heterocycles. The lowest BCUT2D eigenvalue weighted by molar-refractivity contribution is -0.0000126. The van der Waals surface area contributed by atoms with E-state index in [4.69, 9.17) is 10.5 Å². The van der Waals surface area contributed by atoms with Crippen LogP contribution in [0.15, 0.2) is 11.4 Å². The van der Waals surface area contributed by atoms with Crippen molar-refractivity contribution in [1.82, 2.24) is 0 Å². The Morgan fingerprint density at radius 1 is 1.57 bits per heavy atom. The predicted molar refractivity (Wildman–Crippen MR) is 59.6 cm³/mol. The number of ether oxygens (including phenoxy) is 1. The molecule has 0 bridgehead atoms. The zero-order valence-electron chi connectivity index (χ0n) is 8.53. The molecule has 1 aromatic heterocycles. The van der Waals surface area contributed by atoms with Crippen molar-refractivity contribution in [3.63, 3.8) is 0 Å². The summed E-state index contributed by atoms with van der Waals surface area (Å²) >= 11 is 1.76. The maximum atomic E-state index is 6.20. The first-order valence-corrected chi connectivity index (χ1v) is 6.08. The van der Waals surface area contributed by atoms with Gasteiger partial charge < -0.3 is 10.5 Å². The van der Waals surface area contributed by atoms with E-state index in [2.05, 4.69) is 18.4 Å². The second kappa shape index (κ2) is 4.43.